The molecule has 4 rings (SSSR count). The second kappa shape index (κ2) is 9.41. The Labute approximate surface area is 187 Å². The van der Waals surface area contributed by atoms with Gasteiger partial charge in [0.1, 0.15) is 5.75 Å². The lowest BCUT2D eigenvalue weighted by molar-refractivity contribution is 0.475. The summed E-state index contributed by atoms with van der Waals surface area (Å²) in [6.07, 6.45) is 2.88. The van der Waals surface area contributed by atoms with E-state index >= 15 is 0 Å². The van der Waals surface area contributed by atoms with Gasteiger partial charge in [-0.25, -0.2) is 4.98 Å². The standard InChI is InChI=1S/C23H24N4OS.ClH/c1-15-13-21(28-23-25-22(26-29-23)19-8-6-5-7-9-19)16(2)12-20(15)10-11-27-14-24-17(3)18(27)4;/h5-9,12-14H,10-11H2,1-4H3;1H. The summed E-state index contributed by atoms with van der Waals surface area (Å²) in [4.78, 5) is 8.92. The smallest absolute Gasteiger partial charge is 0.299 e. The Morgan fingerprint density at radius 1 is 1.00 bits per heavy atom. The van der Waals surface area contributed by atoms with Crippen molar-refractivity contribution in [3.63, 3.8) is 0 Å². The lowest BCUT2D eigenvalue weighted by Gasteiger charge is -2.13. The molecule has 0 radical (unpaired) electrons. The summed E-state index contributed by atoms with van der Waals surface area (Å²) in [5, 5.41) is 0.559. The van der Waals surface area contributed by atoms with Crippen LogP contribution < -0.4 is 4.74 Å². The van der Waals surface area contributed by atoms with Gasteiger partial charge in [0, 0.05) is 29.3 Å². The van der Waals surface area contributed by atoms with Gasteiger partial charge in [-0.15, -0.1) is 12.4 Å². The first-order chi connectivity index (χ1) is 14.0. The lowest BCUT2D eigenvalue weighted by Crippen LogP contribution is -2.04. The topological polar surface area (TPSA) is 52.8 Å². The van der Waals surface area contributed by atoms with E-state index in [4.69, 9.17) is 4.74 Å². The molecule has 2 aromatic heterocycles. The van der Waals surface area contributed by atoms with Gasteiger partial charge < -0.3 is 9.30 Å². The first-order valence-corrected chi connectivity index (χ1v) is 10.4. The summed E-state index contributed by atoms with van der Waals surface area (Å²) in [6, 6.07) is 14.3. The van der Waals surface area contributed by atoms with Crippen molar-refractivity contribution >= 4 is 23.9 Å². The number of rotatable bonds is 6. The van der Waals surface area contributed by atoms with Crippen LogP contribution in [0.25, 0.3) is 11.4 Å². The highest BCUT2D eigenvalue weighted by atomic mass is 35.5. The largest absolute Gasteiger partial charge is 0.430 e. The quantitative estimate of drug-likeness (QED) is 0.364. The molecule has 0 spiro atoms. The van der Waals surface area contributed by atoms with E-state index < -0.39 is 0 Å². The highest BCUT2D eigenvalue weighted by Gasteiger charge is 2.12. The lowest BCUT2D eigenvalue weighted by atomic mass is 10.0. The molecule has 0 fully saturated rings. The first kappa shape index (κ1) is 22.0. The van der Waals surface area contributed by atoms with Crippen molar-refractivity contribution in [1.29, 1.82) is 0 Å². The number of hydrogen-bond donors (Lipinski definition) is 0. The molecule has 7 heteroatoms. The molecule has 156 valence electrons. The minimum absolute atomic E-state index is 0. The van der Waals surface area contributed by atoms with Gasteiger partial charge in [-0.3, -0.25) is 0 Å². The Kier molecular flexibility index (Phi) is 6.90. The maximum absolute atomic E-state index is 6.06. The van der Waals surface area contributed by atoms with Crippen LogP contribution in [-0.4, -0.2) is 18.9 Å². The first-order valence-electron chi connectivity index (χ1n) is 9.66. The van der Waals surface area contributed by atoms with Crippen LogP contribution in [0.3, 0.4) is 0 Å². The molecule has 0 bridgehead atoms. The molecule has 0 aliphatic heterocycles. The van der Waals surface area contributed by atoms with Crippen LogP contribution in [0.1, 0.15) is 28.1 Å². The second-order valence-electron chi connectivity index (χ2n) is 7.25. The van der Waals surface area contributed by atoms with E-state index in [1.54, 1.807) is 0 Å². The fraction of sp³-hybridized carbons (Fsp3) is 0.261. The number of benzene rings is 2. The van der Waals surface area contributed by atoms with Gasteiger partial charge in [0.05, 0.1) is 12.0 Å². The van der Waals surface area contributed by atoms with Crippen molar-refractivity contribution < 1.29 is 4.74 Å². The van der Waals surface area contributed by atoms with Crippen molar-refractivity contribution in [3.05, 3.63) is 76.9 Å². The van der Waals surface area contributed by atoms with E-state index in [0.717, 1.165) is 35.5 Å². The molecule has 30 heavy (non-hydrogen) atoms. The highest BCUT2D eigenvalue weighted by Crippen LogP contribution is 2.31. The minimum atomic E-state index is 0. The SMILES string of the molecule is Cc1cc(Oc2nc(-c3ccccc3)ns2)c(C)cc1CCn1cnc(C)c1C.Cl. The normalized spacial score (nSPS) is 10.7. The third-order valence-electron chi connectivity index (χ3n) is 5.24. The molecule has 0 N–H and O–H groups in total. The Hall–Kier alpha value is -2.70. The van der Waals surface area contributed by atoms with E-state index in [1.165, 1.54) is 28.4 Å². The molecule has 0 aliphatic carbocycles. The highest BCUT2D eigenvalue weighted by molar-refractivity contribution is 7.07. The summed E-state index contributed by atoms with van der Waals surface area (Å²) in [5.74, 6) is 1.53. The average Bonchev–Trinajstić information content (AvgIpc) is 3.31. The van der Waals surface area contributed by atoms with Crippen molar-refractivity contribution in [2.45, 2.75) is 40.7 Å². The molecule has 0 atom stereocenters. The van der Waals surface area contributed by atoms with Gasteiger partial charge in [-0.1, -0.05) is 36.4 Å². The molecule has 0 saturated carbocycles. The molecule has 2 heterocycles. The summed E-state index contributed by atoms with van der Waals surface area (Å²) in [6.45, 7) is 9.28. The second-order valence-corrected chi connectivity index (χ2v) is 7.97. The van der Waals surface area contributed by atoms with Crippen LogP contribution in [-0.2, 0) is 13.0 Å². The van der Waals surface area contributed by atoms with Crippen molar-refractivity contribution in [3.8, 4) is 22.3 Å². The van der Waals surface area contributed by atoms with Crippen molar-refractivity contribution in [1.82, 2.24) is 18.9 Å². The molecule has 4 aromatic rings. The van der Waals surface area contributed by atoms with E-state index in [1.807, 2.05) is 43.6 Å². The summed E-state index contributed by atoms with van der Waals surface area (Å²) < 4.78 is 12.7. The number of nitrogens with zero attached hydrogens (tertiary/aromatic N) is 4. The molecule has 0 unspecified atom stereocenters. The zero-order chi connectivity index (χ0) is 20.4. The zero-order valence-electron chi connectivity index (χ0n) is 17.5. The van der Waals surface area contributed by atoms with E-state index in [2.05, 4.69) is 51.8 Å². The fourth-order valence-electron chi connectivity index (χ4n) is 3.29. The molecular formula is C23H25ClN4OS. The van der Waals surface area contributed by atoms with Crippen LogP contribution in [0.15, 0.2) is 48.8 Å². The van der Waals surface area contributed by atoms with Gasteiger partial charge in [0.15, 0.2) is 5.82 Å². The number of aromatic nitrogens is 4. The monoisotopic (exact) mass is 440 g/mol. The average molecular weight is 441 g/mol. The van der Waals surface area contributed by atoms with Crippen LogP contribution in [0.4, 0.5) is 0 Å². The van der Waals surface area contributed by atoms with Gasteiger partial charge in [-0.2, -0.15) is 9.36 Å². The third-order valence-corrected chi connectivity index (χ3v) is 5.83. The van der Waals surface area contributed by atoms with E-state index in [0.29, 0.717) is 11.0 Å². The molecule has 0 saturated heterocycles. The predicted molar refractivity (Wildman–Crippen MR) is 124 cm³/mol. The van der Waals surface area contributed by atoms with E-state index in [9.17, 15) is 0 Å². The maximum Gasteiger partial charge on any atom is 0.299 e. The molecule has 0 aliphatic rings. The molecular weight excluding hydrogens is 416 g/mol. The molecule has 0 amide bonds. The number of ether oxygens (including phenoxy) is 1. The Balaban J connectivity index is 0.00000256. The zero-order valence-corrected chi connectivity index (χ0v) is 19.2. The maximum atomic E-state index is 6.06. The van der Waals surface area contributed by atoms with Crippen molar-refractivity contribution in [2.24, 2.45) is 0 Å². The molecule has 2 aromatic carbocycles. The number of halogens is 1. The minimum Gasteiger partial charge on any atom is -0.430 e. The number of aryl methyl sites for hydroxylation is 5. The van der Waals surface area contributed by atoms with Gasteiger partial charge >= 0.3 is 0 Å². The Bertz CT molecular complexity index is 1140. The van der Waals surface area contributed by atoms with Crippen LogP contribution >= 0.6 is 23.9 Å². The van der Waals surface area contributed by atoms with Gasteiger partial charge in [0.2, 0.25) is 0 Å². The van der Waals surface area contributed by atoms with E-state index in [-0.39, 0.29) is 12.4 Å². The van der Waals surface area contributed by atoms with Crippen molar-refractivity contribution in [2.75, 3.05) is 0 Å². The fourth-order valence-corrected chi connectivity index (χ4v) is 3.85. The summed E-state index contributed by atoms with van der Waals surface area (Å²) >= 11 is 1.28. The predicted octanol–water partition coefficient (Wildman–Crippen LogP) is 6.09. The van der Waals surface area contributed by atoms with Crippen LogP contribution in [0.5, 0.6) is 10.9 Å². The Morgan fingerprint density at radius 2 is 1.77 bits per heavy atom. The number of hydrogen-bond acceptors (Lipinski definition) is 5. The van der Waals surface area contributed by atoms with Crippen LogP contribution in [0, 0.1) is 27.7 Å². The van der Waals surface area contributed by atoms with Crippen LogP contribution in [0.2, 0.25) is 0 Å². The third kappa shape index (κ3) is 4.71. The number of imidazole rings is 1. The van der Waals surface area contributed by atoms with Gasteiger partial charge in [-0.05, 0) is 56.9 Å². The summed E-state index contributed by atoms with van der Waals surface area (Å²) in [7, 11) is 0. The summed E-state index contributed by atoms with van der Waals surface area (Å²) in [5.41, 5.74) is 6.95. The molecule has 5 nitrogen and oxygen atoms in total. The van der Waals surface area contributed by atoms with Gasteiger partial charge in [0.25, 0.3) is 5.19 Å². The Morgan fingerprint density at radius 3 is 2.47 bits per heavy atom.